The first kappa shape index (κ1) is 25.2. The third kappa shape index (κ3) is 4.89. The fraction of sp³-hybridized carbons (Fsp3) is 0.321. The van der Waals surface area contributed by atoms with Crippen LogP contribution in [0.1, 0.15) is 57.7 Å². The lowest BCUT2D eigenvalue weighted by molar-refractivity contribution is -0.385. The van der Waals surface area contributed by atoms with Gasteiger partial charge in [0.2, 0.25) is 5.91 Å². The quantitative estimate of drug-likeness (QED) is 0.261. The molecule has 196 valence electrons. The number of nitrogens with one attached hydrogen (secondary N) is 1. The number of nitro groups is 1. The van der Waals surface area contributed by atoms with Crippen molar-refractivity contribution in [2.75, 3.05) is 0 Å². The van der Waals surface area contributed by atoms with E-state index in [9.17, 15) is 29.6 Å². The zero-order valence-electron chi connectivity index (χ0n) is 20.5. The monoisotopic (exact) mass is 517 g/mol. The van der Waals surface area contributed by atoms with Crippen LogP contribution in [0.4, 0.5) is 5.69 Å². The van der Waals surface area contributed by atoms with Crippen LogP contribution in [0.3, 0.4) is 0 Å². The Bertz CT molecular complexity index is 1350. The van der Waals surface area contributed by atoms with Crippen LogP contribution in [-0.2, 0) is 17.6 Å². The van der Waals surface area contributed by atoms with E-state index < -0.39 is 40.1 Å². The van der Waals surface area contributed by atoms with E-state index in [0.29, 0.717) is 12.0 Å². The number of nitro benzene ring substituents is 1. The third-order valence-corrected chi connectivity index (χ3v) is 7.39. The number of hydrogen-bond acceptors (Lipinski definition) is 7. The molecule has 0 saturated heterocycles. The van der Waals surface area contributed by atoms with E-state index in [0.717, 1.165) is 42.4 Å². The van der Waals surface area contributed by atoms with Crippen molar-refractivity contribution in [3.05, 3.63) is 93.4 Å². The Labute approximate surface area is 218 Å². The molecule has 0 bridgehead atoms. The lowest BCUT2D eigenvalue weighted by atomic mass is 9.81. The van der Waals surface area contributed by atoms with Gasteiger partial charge in [0.15, 0.2) is 5.75 Å². The number of hydrogen-bond donors (Lipinski definition) is 2. The number of phenolic OH excluding ortho intramolecular Hbond substituents is 1. The predicted molar refractivity (Wildman–Crippen MR) is 135 cm³/mol. The number of benzene rings is 2. The van der Waals surface area contributed by atoms with Gasteiger partial charge in [0.1, 0.15) is 11.8 Å². The largest absolute Gasteiger partial charge is 0.502 e. The molecule has 2 N–H and O–H groups in total. The van der Waals surface area contributed by atoms with Gasteiger partial charge < -0.3 is 14.8 Å². The zero-order valence-corrected chi connectivity index (χ0v) is 20.5. The molecule has 1 aromatic heterocycles. The average Bonchev–Trinajstić information content (AvgIpc) is 3.51. The Hall–Kier alpha value is -4.47. The summed E-state index contributed by atoms with van der Waals surface area (Å²) < 4.78 is 5.52. The van der Waals surface area contributed by atoms with Crippen LogP contribution in [-0.4, -0.2) is 44.7 Å². The second kappa shape index (κ2) is 10.5. The maximum Gasteiger partial charge on any atom is 0.310 e. The summed E-state index contributed by atoms with van der Waals surface area (Å²) in [5, 5.41) is 24.3. The molecule has 1 fully saturated rings. The molecule has 1 aliphatic carbocycles. The van der Waals surface area contributed by atoms with Gasteiger partial charge in [0.05, 0.1) is 22.3 Å². The molecule has 2 aliphatic rings. The van der Waals surface area contributed by atoms with E-state index in [-0.39, 0.29) is 29.5 Å². The Morgan fingerprint density at radius 1 is 1.08 bits per heavy atom. The minimum absolute atomic E-state index is 0.122. The Morgan fingerprint density at radius 2 is 1.79 bits per heavy atom. The molecule has 3 amide bonds. The van der Waals surface area contributed by atoms with Crippen molar-refractivity contribution in [1.82, 2.24) is 10.2 Å². The van der Waals surface area contributed by atoms with Gasteiger partial charge in [-0.05, 0) is 54.7 Å². The second-order valence-electron chi connectivity index (χ2n) is 9.77. The standard InChI is InChI=1S/C28H27N3O7/c32-25-12-11-17(14-23(25)31(36)37)15-24(30-27(34)20-8-2-3-9-21(20)28(30)35)26(33)29-22-10-4-1-6-18(22)16-19-7-5-13-38-19/h2-3,5,7-9,11-14,18,22,24,32H,1,4,6,10,15-16H2,(H,29,33)/t18-,22-,24-/m0/s1. The number of phenols is 1. The van der Waals surface area contributed by atoms with E-state index in [1.807, 2.05) is 12.1 Å². The molecule has 0 unspecified atom stereocenters. The molecule has 0 radical (unpaired) electrons. The molecule has 3 aromatic rings. The first-order valence-corrected chi connectivity index (χ1v) is 12.6. The lowest BCUT2D eigenvalue weighted by Crippen LogP contribution is -2.54. The van der Waals surface area contributed by atoms with Gasteiger partial charge in [-0.3, -0.25) is 29.4 Å². The summed E-state index contributed by atoms with van der Waals surface area (Å²) >= 11 is 0. The Morgan fingerprint density at radius 3 is 2.45 bits per heavy atom. The van der Waals surface area contributed by atoms with Gasteiger partial charge in [-0.25, -0.2) is 0 Å². The average molecular weight is 518 g/mol. The maximum atomic E-state index is 13.8. The van der Waals surface area contributed by atoms with Crippen LogP contribution < -0.4 is 5.32 Å². The molecule has 1 saturated carbocycles. The van der Waals surface area contributed by atoms with Crippen LogP contribution >= 0.6 is 0 Å². The first-order valence-electron chi connectivity index (χ1n) is 12.6. The Balaban J connectivity index is 1.45. The topological polar surface area (TPSA) is 143 Å². The van der Waals surface area contributed by atoms with Gasteiger partial charge in [0.25, 0.3) is 11.8 Å². The summed E-state index contributed by atoms with van der Waals surface area (Å²) in [6.45, 7) is 0. The summed E-state index contributed by atoms with van der Waals surface area (Å²) in [5.41, 5.74) is 0.234. The number of nitrogens with zero attached hydrogens (tertiary/aromatic N) is 2. The van der Waals surface area contributed by atoms with Gasteiger partial charge in [-0.15, -0.1) is 0 Å². The van der Waals surface area contributed by atoms with Crippen molar-refractivity contribution < 1.29 is 28.8 Å². The van der Waals surface area contributed by atoms with Crippen molar-refractivity contribution >= 4 is 23.4 Å². The normalized spacial score (nSPS) is 19.7. The second-order valence-corrected chi connectivity index (χ2v) is 9.77. The molecular weight excluding hydrogens is 490 g/mol. The minimum atomic E-state index is -1.24. The highest BCUT2D eigenvalue weighted by Gasteiger charge is 2.43. The number of furan rings is 1. The molecule has 3 atom stereocenters. The molecule has 0 spiro atoms. The molecule has 5 rings (SSSR count). The van der Waals surface area contributed by atoms with Crippen molar-refractivity contribution in [2.24, 2.45) is 5.92 Å². The molecule has 2 aromatic carbocycles. The summed E-state index contributed by atoms with van der Waals surface area (Å²) in [7, 11) is 0. The van der Waals surface area contributed by atoms with Crippen LogP contribution in [0, 0.1) is 16.0 Å². The number of imide groups is 1. The van der Waals surface area contributed by atoms with Gasteiger partial charge >= 0.3 is 5.69 Å². The summed E-state index contributed by atoms with van der Waals surface area (Å²) in [4.78, 5) is 52.0. The third-order valence-electron chi connectivity index (χ3n) is 7.39. The highest BCUT2D eigenvalue weighted by molar-refractivity contribution is 6.22. The molecule has 1 aliphatic heterocycles. The molecular formula is C28H27N3O7. The molecule has 10 heteroatoms. The van der Waals surface area contributed by atoms with Gasteiger partial charge in [0, 0.05) is 24.9 Å². The fourth-order valence-electron chi connectivity index (χ4n) is 5.47. The summed E-state index contributed by atoms with van der Waals surface area (Å²) in [5.74, 6) is -1.25. The maximum absolute atomic E-state index is 13.8. The number of fused-ring (bicyclic) bond motifs is 1. The summed E-state index contributed by atoms with van der Waals surface area (Å²) in [6, 6.07) is 12.4. The fourth-order valence-corrected chi connectivity index (χ4v) is 5.47. The Kier molecular flexibility index (Phi) is 6.95. The lowest BCUT2D eigenvalue weighted by Gasteiger charge is -2.34. The first-order chi connectivity index (χ1) is 18.3. The minimum Gasteiger partial charge on any atom is -0.502 e. The highest BCUT2D eigenvalue weighted by Crippen LogP contribution is 2.31. The van der Waals surface area contributed by atoms with Gasteiger partial charge in [-0.1, -0.05) is 31.0 Å². The number of aromatic hydroxyl groups is 1. The SMILES string of the molecule is O=C(N[C@H]1CCCC[C@H]1Cc1ccco1)[C@H](Cc1ccc(O)c([N+](=O)[O-])c1)N1C(=O)c2ccccc2C1=O. The van der Waals surface area contributed by atoms with E-state index in [4.69, 9.17) is 4.42 Å². The van der Waals surface area contributed by atoms with E-state index in [1.165, 1.54) is 24.3 Å². The molecule has 38 heavy (non-hydrogen) atoms. The van der Waals surface area contributed by atoms with Crippen molar-refractivity contribution in [2.45, 2.75) is 50.6 Å². The van der Waals surface area contributed by atoms with Crippen molar-refractivity contribution in [1.29, 1.82) is 0 Å². The molecule has 10 nitrogen and oxygen atoms in total. The predicted octanol–water partition coefficient (Wildman–Crippen LogP) is 4.02. The summed E-state index contributed by atoms with van der Waals surface area (Å²) in [6.07, 6.45) is 5.72. The zero-order chi connectivity index (χ0) is 26.8. The van der Waals surface area contributed by atoms with Crippen LogP contribution in [0.25, 0.3) is 0 Å². The van der Waals surface area contributed by atoms with E-state index >= 15 is 0 Å². The van der Waals surface area contributed by atoms with Gasteiger partial charge in [-0.2, -0.15) is 0 Å². The smallest absolute Gasteiger partial charge is 0.310 e. The molecule has 2 heterocycles. The number of rotatable bonds is 8. The van der Waals surface area contributed by atoms with Crippen molar-refractivity contribution in [3.63, 3.8) is 0 Å². The highest BCUT2D eigenvalue weighted by atomic mass is 16.6. The number of carbonyl (C=O) groups is 3. The van der Waals surface area contributed by atoms with Crippen LogP contribution in [0.2, 0.25) is 0 Å². The van der Waals surface area contributed by atoms with Crippen molar-refractivity contribution in [3.8, 4) is 5.75 Å². The van der Waals surface area contributed by atoms with E-state index in [2.05, 4.69) is 5.32 Å². The number of carbonyl (C=O) groups excluding carboxylic acids is 3. The number of amides is 3. The van der Waals surface area contributed by atoms with Crippen LogP contribution in [0.5, 0.6) is 5.75 Å². The van der Waals surface area contributed by atoms with Crippen LogP contribution in [0.15, 0.2) is 65.3 Å². The van der Waals surface area contributed by atoms with E-state index in [1.54, 1.807) is 18.4 Å².